The summed E-state index contributed by atoms with van der Waals surface area (Å²) in [6.07, 6.45) is 0. The van der Waals surface area contributed by atoms with Crippen molar-refractivity contribution in [2.45, 2.75) is 10.6 Å². The Morgan fingerprint density at radius 2 is 1.74 bits per heavy atom. The zero-order chi connectivity index (χ0) is 19.1. The van der Waals surface area contributed by atoms with Gasteiger partial charge in [0, 0.05) is 33.9 Å². The SMILES string of the molecule is CNC(=O)Nc1cccc(NC(=O)c2ccccc2SCc2cccs2)c1. The van der Waals surface area contributed by atoms with E-state index in [1.54, 1.807) is 54.4 Å². The quantitative estimate of drug-likeness (QED) is 0.510. The normalized spacial score (nSPS) is 10.3. The Bertz CT molecular complexity index is 926. The maximum absolute atomic E-state index is 12.8. The fourth-order valence-electron chi connectivity index (χ4n) is 2.39. The molecule has 1 aromatic heterocycles. The zero-order valence-corrected chi connectivity index (χ0v) is 16.3. The number of rotatable bonds is 6. The summed E-state index contributed by atoms with van der Waals surface area (Å²) in [5.41, 5.74) is 1.85. The van der Waals surface area contributed by atoms with Gasteiger partial charge in [-0.25, -0.2) is 4.79 Å². The van der Waals surface area contributed by atoms with Crippen LogP contribution in [0.1, 0.15) is 15.2 Å². The molecule has 0 radical (unpaired) electrons. The van der Waals surface area contributed by atoms with E-state index in [2.05, 4.69) is 22.0 Å². The fraction of sp³-hybridized carbons (Fsp3) is 0.100. The predicted molar refractivity (Wildman–Crippen MR) is 113 cm³/mol. The molecule has 0 atom stereocenters. The molecule has 2 aromatic carbocycles. The number of thioether (sulfide) groups is 1. The third kappa shape index (κ3) is 5.35. The Kier molecular flexibility index (Phi) is 6.51. The van der Waals surface area contributed by atoms with Gasteiger partial charge in [0.15, 0.2) is 0 Å². The van der Waals surface area contributed by atoms with Gasteiger partial charge in [-0.2, -0.15) is 0 Å². The summed E-state index contributed by atoms with van der Waals surface area (Å²) in [5, 5.41) is 10.1. The highest BCUT2D eigenvalue weighted by Gasteiger charge is 2.12. The molecule has 27 heavy (non-hydrogen) atoms. The van der Waals surface area contributed by atoms with Crippen LogP contribution in [0.4, 0.5) is 16.2 Å². The van der Waals surface area contributed by atoms with Crippen LogP contribution >= 0.6 is 23.1 Å². The van der Waals surface area contributed by atoms with Crippen molar-refractivity contribution in [2.75, 3.05) is 17.7 Å². The van der Waals surface area contributed by atoms with Crippen LogP contribution in [0.25, 0.3) is 0 Å². The van der Waals surface area contributed by atoms with E-state index >= 15 is 0 Å². The lowest BCUT2D eigenvalue weighted by atomic mass is 10.2. The van der Waals surface area contributed by atoms with Crippen LogP contribution in [0.2, 0.25) is 0 Å². The maximum Gasteiger partial charge on any atom is 0.318 e. The molecule has 3 amide bonds. The van der Waals surface area contributed by atoms with Crippen LogP contribution in [0.3, 0.4) is 0 Å². The van der Waals surface area contributed by atoms with Crippen molar-refractivity contribution in [3.63, 3.8) is 0 Å². The number of carbonyl (C=O) groups is 2. The molecule has 0 spiro atoms. The van der Waals surface area contributed by atoms with E-state index in [1.165, 1.54) is 4.88 Å². The molecule has 3 N–H and O–H groups in total. The number of thiophene rings is 1. The molecule has 0 saturated heterocycles. The molecular formula is C20H19N3O2S2. The van der Waals surface area contributed by atoms with Gasteiger partial charge in [-0.05, 0) is 41.8 Å². The Morgan fingerprint density at radius 1 is 0.963 bits per heavy atom. The van der Waals surface area contributed by atoms with Crippen LogP contribution in [0.5, 0.6) is 0 Å². The van der Waals surface area contributed by atoms with Crippen LogP contribution in [0, 0.1) is 0 Å². The summed E-state index contributed by atoms with van der Waals surface area (Å²) in [7, 11) is 1.55. The lowest BCUT2D eigenvalue weighted by Gasteiger charge is -2.11. The second-order valence-corrected chi connectivity index (χ2v) is 7.65. The van der Waals surface area contributed by atoms with Crippen LogP contribution in [-0.2, 0) is 5.75 Å². The van der Waals surface area contributed by atoms with E-state index in [0.29, 0.717) is 16.9 Å². The molecular weight excluding hydrogens is 378 g/mol. The molecule has 0 aliphatic carbocycles. The third-order valence-electron chi connectivity index (χ3n) is 3.69. The second-order valence-electron chi connectivity index (χ2n) is 5.60. The lowest BCUT2D eigenvalue weighted by Crippen LogP contribution is -2.24. The summed E-state index contributed by atoms with van der Waals surface area (Å²) >= 11 is 3.35. The number of amides is 3. The summed E-state index contributed by atoms with van der Waals surface area (Å²) in [6, 6.07) is 18.4. The van der Waals surface area contributed by atoms with Gasteiger partial charge >= 0.3 is 6.03 Å². The average Bonchev–Trinajstić information content (AvgIpc) is 3.20. The van der Waals surface area contributed by atoms with Crippen LogP contribution in [0.15, 0.2) is 70.9 Å². The first kappa shape index (κ1) is 19.0. The first-order valence-corrected chi connectivity index (χ1v) is 10.2. The number of carbonyl (C=O) groups excluding carboxylic acids is 2. The maximum atomic E-state index is 12.8. The Labute approximate surface area is 166 Å². The molecule has 3 aromatic rings. The summed E-state index contributed by atoms with van der Waals surface area (Å²) < 4.78 is 0. The molecule has 0 saturated carbocycles. The smallest absolute Gasteiger partial charge is 0.318 e. The molecule has 5 nitrogen and oxygen atoms in total. The van der Waals surface area contributed by atoms with Gasteiger partial charge in [0.2, 0.25) is 0 Å². The standard InChI is InChI=1S/C20H19N3O2S2/c1-21-20(25)23-15-7-4-6-14(12-15)22-19(24)17-9-2-3-10-18(17)27-13-16-8-5-11-26-16/h2-12H,13H2,1H3,(H,22,24)(H2,21,23,25). The highest BCUT2D eigenvalue weighted by Crippen LogP contribution is 2.28. The van der Waals surface area contributed by atoms with E-state index in [1.807, 2.05) is 35.7 Å². The van der Waals surface area contributed by atoms with Gasteiger partial charge in [-0.15, -0.1) is 23.1 Å². The van der Waals surface area contributed by atoms with Crippen molar-refractivity contribution >= 4 is 46.4 Å². The van der Waals surface area contributed by atoms with E-state index in [-0.39, 0.29) is 11.9 Å². The molecule has 0 fully saturated rings. The Balaban J connectivity index is 1.71. The summed E-state index contributed by atoms with van der Waals surface area (Å²) in [4.78, 5) is 26.4. The van der Waals surface area contributed by atoms with Crippen molar-refractivity contribution in [1.29, 1.82) is 0 Å². The molecule has 0 unspecified atom stereocenters. The van der Waals surface area contributed by atoms with Crippen LogP contribution in [-0.4, -0.2) is 19.0 Å². The van der Waals surface area contributed by atoms with Crippen molar-refractivity contribution in [1.82, 2.24) is 5.32 Å². The second kappa shape index (κ2) is 9.25. The number of nitrogens with one attached hydrogen (secondary N) is 3. The number of urea groups is 1. The lowest BCUT2D eigenvalue weighted by molar-refractivity contribution is 0.102. The Morgan fingerprint density at radius 3 is 2.48 bits per heavy atom. The molecule has 0 aliphatic heterocycles. The Hall–Kier alpha value is -2.77. The van der Waals surface area contributed by atoms with E-state index in [0.717, 1.165) is 10.6 Å². The molecule has 1 heterocycles. The van der Waals surface area contributed by atoms with Gasteiger partial charge in [0.05, 0.1) is 5.56 Å². The minimum atomic E-state index is -0.311. The average molecular weight is 398 g/mol. The number of hydrogen-bond donors (Lipinski definition) is 3. The molecule has 7 heteroatoms. The van der Waals surface area contributed by atoms with Gasteiger partial charge < -0.3 is 16.0 Å². The molecule has 3 rings (SSSR count). The van der Waals surface area contributed by atoms with E-state index in [9.17, 15) is 9.59 Å². The topological polar surface area (TPSA) is 70.2 Å². The fourth-order valence-corrected chi connectivity index (χ4v) is 4.21. The first-order valence-electron chi connectivity index (χ1n) is 8.30. The van der Waals surface area contributed by atoms with Crippen molar-refractivity contribution in [2.24, 2.45) is 0 Å². The number of hydrogen-bond acceptors (Lipinski definition) is 4. The summed E-state index contributed by atoms with van der Waals surface area (Å²) in [6.45, 7) is 0. The van der Waals surface area contributed by atoms with Gasteiger partial charge in [0.25, 0.3) is 5.91 Å². The van der Waals surface area contributed by atoms with Crippen molar-refractivity contribution in [3.8, 4) is 0 Å². The third-order valence-corrected chi connectivity index (χ3v) is 5.87. The van der Waals surface area contributed by atoms with Crippen LogP contribution < -0.4 is 16.0 Å². The van der Waals surface area contributed by atoms with Gasteiger partial charge in [0.1, 0.15) is 0 Å². The monoisotopic (exact) mass is 397 g/mol. The van der Waals surface area contributed by atoms with E-state index < -0.39 is 0 Å². The van der Waals surface area contributed by atoms with E-state index in [4.69, 9.17) is 0 Å². The number of anilines is 2. The molecule has 138 valence electrons. The predicted octanol–water partition coefficient (Wildman–Crippen LogP) is 5.04. The highest BCUT2D eigenvalue weighted by molar-refractivity contribution is 7.98. The highest BCUT2D eigenvalue weighted by atomic mass is 32.2. The van der Waals surface area contributed by atoms with Gasteiger partial charge in [-0.3, -0.25) is 4.79 Å². The number of benzene rings is 2. The first-order chi connectivity index (χ1) is 13.2. The van der Waals surface area contributed by atoms with Crippen molar-refractivity contribution in [3.05, 3.63) is 76.5 Å². The largest absolute Gasteiger partial charge is 0.341 e. The zero-order valence-electron chi connectivity index (χ0n) is 14.7. The minimum Gasteiger partial charge on any atom is -0.341 e. The molecule has 0 bridgehead atoms. The summed E-state index contributed by atoms with van der Waals surface area (Å²) in [5.74, 6) is 0.648. The van der Waals surface area contributed by atoms with Crippen molar-refractivity contribution < 1.29 is 9.59 Å². The van der Waals surface area contributed by atoms with Gasteiger partial charge in [-0.1, -0.05) is 24.3 Å². The molecule has 0 aliphatic rings. The minimum absolute atomic E-state index is 0.179.